The van der Waals surface area contributed by atoms with Crippen LogP contribution in [0, 0.1) is 0 Å². The fourth-order valence-corrected chi connectivity index (χ4v) is 1.94. The summed E-state index contributed by atoms with van der Waals surface area (Å²) in [5.74, 6) is 0.884. The minimum absolute atomic E-state index is 0.112. The average Bonchev–Trinajstić information content (AvgIpc) is 2.71. The van der Waals surface area contributed by atoms with Gasteiger partial charge in [0.15, 0.2) is 0 Å². The Morgan fingerprint density at radius 2 is 2.57 bits per heavy atom. The summed E-state index contributed by atoms with van der Waals surface area (Å²) in [6.45, 7) is 3.03. The van der Waals surface area contributed by atoms with Crippen molar-refractivity contribution in [1.82, 2.24) is 10.2 Å². The Bertz CT molecular complexity index is 350. The fourth-order valence-electron chi connectivity index (χ4n) is 1.62. The van der Waals surface area contributed by atoms with Crippen LogP contribution >= 0.6 is 15.9 Å². The van der Waals surface area contributed by atoms with E-state index in [1.54, 1.807) is 11.2 Å². The number of likely N-dealkylation sites (N-methyl/N-ethyl adjacent to an activating group) is 1. The van der Waals surface area contributed by atoms with Crippen LogP contribution in [0.3, 0.4) is 0 Å². The van der Waals surface area contributed by atoms with E-state index in [9.17, 15) is 4.79 Å². The molecular formula is C9H11BrN2O2. The van der Waals surface area contributed by atoms with E-state index >= 15 is 0 Å². The van der Waals surface area contributed by atoms with E-state index in [0.29, 0.717) is 13.1 Å². The Morgan fingerprint density at radius 3 is 3.14 bits per heavy atom. The van der Waals surface area contributed by atoms with E-state index in [2.05, 4.69) is 21.2 Å². The number of nitrogens with zero attached hydrogens (tertiary/aromatic N) is 1. The Kier molecular flexibility index (Phi) is 2.60. The number of carbonyl (C=O) groups excluding carboxylic acids is 1. The largest absolute Gasteiger partial charge is 0.464 e. The summed E-state index contributed by atoms with van der Waals surface area (Å²) >= 11 is 3.31. The van der Waals surface area contributed by atoms with Crippen LogP contribution in [0.4, 0.5) is 0 Å². The van der Waals surface area contributed by atoms with E-state index in [0.717, 1.165) is 10.2 Å². The number of hydrogen-bond acceptors (Lipinski definition) is 3. The van der Waals surface area contributed by atoms with Crippen molar-refractivity contribution in [3.05, 3.63) is 22.6 Å². The standard InChI is InChI=1S/C9H11BrN2O2/c1-2-12-8(13)4-11-9(12)7-3-6(10)5-14-7/h3,5,9,11H,2,4H2,1H3. The molecule has 1 fully saturated rings. The van der Waals surface area contributed by atoms with Crippen LogP contribution in [0.25, 0.3) is 0 Å². The molecule has 5 heteroatoms. The van der Waals surface area contributed by atoms with Crippen molar-refractivity contribution < 1.29 is 9.21 Å². The van der Waals surface area contributed by atoms with Crippen LogP contribution in [-0.4, -0.2) is 23.9 Å². The first-order valence-electron chi connectivity index (χ1n) is 4.49. The minimum Gasteiger partial charge on any atom is -0.464 e. The van der Waals surface area contributed by atoms with Crippen LogP contribution in [0.2, 0.25) is 0 Å². The number of hydrogen-bond donors (Lipinski definition) is 1. The van der Waals surface area contributed by atoms with Crippen molar-refractivity contribution >= 4 is 21.8 Å². The molecule has 0 spiro atoms. The van der Waals surface area contributed by atoms with Gasteiger partial charge in [-0.25, -0.2) is 0 Å². The van der Waals surface area contributed by atoms with Crippen molar-refractivity contribution in [3.8, 4) is 0 Å². The van der Waals surface area contributed by atoms with Gasteiger partial charge in [0.1, 0.15) is 18.2 Å². The molecular weight excluding hydrogens is 248 g/mol. The summed E-state index contributed by atoms with van der Waals surface area (Å²) in [7, 11) is 0. The summed E-state index contributed by atoms with van der Waals surface area (Å²) in [6, 6.07) is 1.87. The summed E-state index contributed by atoms with van der Waals surface area (Å²) < 4.78 is 6.22. The van der Waals surface area contributed by atoms with Gasteiger partial charge in [0.05, 0.1) is 11.0 Å². The van der Waals surface area contributed by atoms with Gasteiger partial charge in [0, 0.05) is 6.54 Å². The second kappa shape index (κ2) is 3.74. The van der Waals surface area contributed by atoms with Gasteiger partial charge in [-0.15, -0.1) is 0 Å². The molecule has 1 aliphatic rings. The third-order valence-corrected chi connectivity index (χ3v) is 2.69. The van der Waals surface area contributed by atoms with Crippen molar-refractivity contribution in [1.29, 1.82) is 0 Å². The van der Waals surface area contributed by atoms with Crippen molar-refractivity contribution in [2.75, 3.05) is 13.1 Å². The van der Waals surface area contributed by atoms with Crippen LogP contribution in [0.1, 0.15) is 18.8 Å². The lowest BCUT2D eigenvalue weighted by Crippen LogP contribution is -2.29. The molecule has 1 unspecified atom stereocenters. The van der Waals surface area contributed by atoms with E-state index < -0.39 is 0 Å². The monoisotopic (exact) mass is 258 g/mol. The second-order valence-electron chi connectivity index (χ2n) is 3.13. The van der Waals surface area contributed by atoms with E-state index in [-0.39, 0.29) is 12.1 Å². The van der Waals surface area contributed by atoms with Gasteiger partial charge in [-0.2, -0.15) is 0 Å². The van der Waals surface area contributed by atoms with E-state index in [4.69, 9.17) is 4.42 Å². The smallest absolute Gasteiger partial charge is 0.238 e. The maximum atomic E-state index is 11.4. The van der Waals surface area contributed by atoms with E-state index in [1.807, 2.05) is 13.0 Å². The topological polar surface area (TPSA) is 45.5 Å². The summed E-state index contributed by atoms with van der Waals surface area (Å²) in [5.41, 5.74) is 0. The predicted molar refractivity (Wildman–Crippen MR) is 54.5 cm³/mol. The van der Waals surface area contributed by atoms with Gasteiger partial charge >= 0.3 is 0 Å². The number of nitrogens with one attached hydrogen (secondary N) is 1. The van der Waals surface area contributed by atoms with Gasteiger partial charge < -0.3 is 9.32 Å². The highest BCUT2D eigenvalue weighted by Crippen LogP contribution is 2.25. The molecule has 1 saturated heterocycles. The first-order chi connectivity index (χ1) is 6.72. The van der Waals surface area contributed by atoms with Crippen molar-refractivity contribution in [2.24, 2.45) is 0 Å². The zero-order chi connectivity index (χ0) is 10.1. The molecule has 1 N–H and O–H groups in total. The lowest BCUT2D eigenvalue weighted by atomic mass is 10.3. The molecule has 1 aromatic heterocycles. The third kappa shape index (κ3) is 1.57. The molecule has 2 heterocycles. The molecule has 0 radical (unpaired) electrons. The zero-order valence-electron chi connectivity index (χ0n) is 7.79. The highest BCUT2D eigenvalue weighted by atomic mass is 79.9. The van der Waals surface area contributed by atoms with Crippen LogP contribution in [-0.2, 0) is 4.79 Å². The maximum absolute atomic E-state index is 11.4. The molecule has 4 nitrogen and oxygen atoms in total. The van der Waals surface area contributed by atoms with Gasteiger partial charge in [0.2, 0.25) is 5.91 Å². The molecule has 1 amide bonds. The number of halogens is 1. The van der Waals surface area contributed by atoms with E-state index in [1.165, 1.54) is 0 Å². The Hall–Kier alpha value is -0.810. The first-order valence-corrected chi connectivity index (χ1v) is 5.28. The SMILES string of the molecule is CCN1C(=O)CNC1c1cc(Br)co1. The zero-order valence-corrected chi connectivity index (χ0v) is 9.37. The molecule has 1 aliphatic heterocycles. The van der Waals surface area contributed by atoms with Gasteiger partial charge in [-0.1, -0.05) is 0 Å². The number of carbonyl (C=O) groups is 1. The Balaban J connectivity index is 2.22. The highest BCUT2D eigenvalue weighted by molar-refractivity contribution is 9.10. The maximum Gasteiger partial charge on any atom is 0.238 e. The van der Waals surface area contributed by atoms with Crippen LogP contribution in [0.5, 0.6) is 0 Å². The molecule has 0 saturated carbocycles. The quantitative estimate of drug-likeness (QED) is 0.875. The predicted octanol–water partition coefficient (Wildman–Crippen LogP) is 1.49. The Labute approximate surface area is 90.4 Å². The Morgan fingerprint density at radius 1 is 1.79 bits per heavy atom. The number of furan rings is 1. The van der Waals surface area contributed by atoms with Crippen LogP contribution < -0.4 is 5.32 Å². The second-order valence-corrected chi connectivity index (χ2v) is 4.05. The molecule has 1 atom stereocenters. The normalized spacial score (nSPS) is 22.0. The molecule has 1 aromatic rings. The molecule has 2 rings (SSSR count). The summed E-state index contributed by atoms with van der Waals surface area (Å²) in [5, 5.41) is 3.10. The van der Waals surface area contributed by atoms with Gasteiger partial charge in [-0.3, -0.25) is 10.1 Å². The average molecular weight is 259 g/mol. The fraction of sp³-hybridized carbons (Fsp3) is 0.444. The minimum atomic E-state index is -0.112. The lowest BCUT2D eigenvalue weighted by Gasteiger charge is -2.20. The molecule has 0 aromatic carbocycles. The molecule has 0 aliphatic carbocycles. The number of amides is 1. The summed E-state index contributed by atoms with van der Waals surface area (Å²) in [6.07, 6.45) is 1.51. The van der Waals surface area contributed by atoms with Gasteiger partial charge in [0.25, 0.3) is 0 Å². The third-order valence-electron chi connectivity index (χ3n) is 2.28. The van der Waals surface area contributed by atoms with Crippen molar-refractivity contribution in [2.45, 2.75) is 13.1 Å². The molecule has 0 bridgehead atoms. The highest BCUT2D eigenvalue weighted by Gasteiger charge is 2.32. The lowest BCUT2D eigenvalue weighted by molar-refractivity contribution is -0.128. The molecule has 14 heavy (non-hydrogen) atoms. The van der Waals surface area contributed by atoms with Crippen molar-refractivity contribution in [3.63, 3.8) is 0 Å². The van der Waals surface area contributed by atoms with Crippen LogP contribution in [0.15, 0.2) is 21.2 Å². The molecule has 76 valence electrons. The van der Waals surface area contributed by atoms with Gasteiger partial charge in [-0.05, 0) is 28.9 Å². The number of rotatable bonds is 2. The first kappa shape index (κ1) is 9.73. The summed E-state index contributed by atoms with van der Waals surface area (Å²) in [4.78, 5) is 13.2.